The normalized spacial score (nSPS) is 10.2. The molecule has 1 aromatic carbocycles. The van der Waals surface area contributed by atoms with Crippen molar-refractivity contribution in [1.29, 1.82) is 0 Å². The predicted molar refractivity (Wildman–Crippen MR) is 74.8 cm³/mol. The number of hydrogen-bond acceptors (Lipinski definition) is 4. The minimum Gasteiger partial charge on any atom is -0.507 e. The molecule has 0 aliphatic carbocycles. The van der Waals surface area contributed by atoms with Crippen molar-refractivity contribution in [2.75, 3.05) is 14.2 Å². The van der Waals surface area contributed by atoms with E-state index in [-0.39, 0.29) is 17.2 Å². The molecule has 0 bridgehead atoms. The number of amides is 1. The van der Waals surface area contributed by atoms with Crippen molar-refractivity contribution in [3.05, 3.63) is 46.2 Å². The van der Waals surface area contributed by atoms with E-state index in [1.54, 1.807) is 35.4 Å². The van der Waals surface area contributed by atoms with E-state index < -0.39 is 0 Å². The molecule has 0 fully saturated rings. The van der Waals surface area contributed by atoms with E-state index >= 15 is 0 Å². The molecular formula is C14H15NO3S. The fourth-order valence-corrected chi connectivity index (χ4v) is 2.41. The van der Waals surface area contributed by atoms with Crippen LogP contribution in [0.15, 0.2) is 35.0 Å². The number of hydrogen-bond donors (Lipinski definition) is 1. The van der Waals surface area contributed by atoms with Gasteiger partial charge in [-0.1, -0.05) is 0 Å². The maximum atomic E-state index is 12.2. The molecule has 0 unspecified atom stereocenters. The number of aromatic hydroxyl groups is 1. The average molecular weight is 277 g/mol. The quantitative estimate of drug-likeness (QED) is 0.935. The van der Waals surface area contributed by atoms with Crippen LogP contribution in [0, 0.1) is 0 Å². The second kappa shape index (κ2) is 5.75. The van der Waals surface area contributed by atoms with E-state index in [0.29, 0.717) is 12.3 Å². The molecule has 1 amide bonds. The van der Waals surface area contributed by atoms with Gasteiger partial charge in [0.05, 0.1) is 12.7 Å². The Hall–Kier alpha value is -2.01. The summed E-state index contributed by atoms with van der Waals surface area (Å²) in [5.41, 5.74) is 1.35. The van der Waals surface area contributed by atoms with E-state index in [1.807, 2.05) is 16.8 Å². The maximum absolute atomic E-state index is 12.2. The fourth-order valence-electron chi connectivity index (χ4n) is 1.75. The van der Waals surface area contributed by atoms with Gasteiger partial charge in [-0.25, -0.2) is 0 Å². The summed E-state index contributed by atoms with van der Waals surface area (Å²) >= 11 is 1.59. The molecule has 1 N–H and O–H groups in total. The molecule has 0 spiro atoms. The third kappa shape index (κ3) is 3.06. The minimum absolute atomic E-state index is 0.0680. The van der Waals surface area contributed by atoms with Crippen LogP contribution in [0.25, 0.3) is 0 Å². The number of thiophene rings is 1. The first-order chi connectivity index (χ1) is 9.11. The lowest BCUT2D eigenvalue weighted by Gasteiger charge is -2.17. The van der Waals surface area contributed by atoms with Crippen LogP contribution in [-0.2, 0) is 6.54 Å². The molecule has 1 aromatic heterocycles. The van der Waals surface area contributed by atoms with Gasteiger partial charge in [0.25, 0.3) is 5.91 Å². The van der Waals surface area contributed by atoms with Gasteiger partial charge in [-0.05, 0) is 34.5 Å². The molecule has 4 nitrogen and oxygen atoms in total. The molecule has 0 saturated heterocycles. The molecule has 2 aromatic rings. The van der Waals surface area contributed by atoms with Crippen LogP contribution < -0.4 is 4.74 Å². The third-order valence-electron chi connectivity index (χ3n) is 2.78. The van der Waals surface area contributed by atoms with Crippen molar-refractivity contribution >= 4 is 17.2 Å². The molecule has 0 aliphatic heterocycles. The Kier molecular flexibility index (Phi) is 4.06. The highest BCUT2D eigenvalue weighted by Crippen LogP contribution is 2.24. The lowest BCUT2D eigenvalue weighted by Crippen LogP contribution is -2.26. The first kappa shape index (κ1) is 13.4. The highest BCUT2D eigenvalue weighted by molar-refractivity contribution is 7.07. The first-order valence-electron chi connectivity index (χ1n) is 5.75. The molecule has 0 radical (unpaired) electrons. The highest BCUT2D eigenvalue weighted by atomic mass is 32.1. The summed E-state index contributed by atoms with van der Waals surface area (Å²) < 4.78 is 4.99. The molecule has 0 aliphatic rings. The second-order valence-electron chi connectivity index (χ2n) is 4.18. The van der Waals surface area contributed by atoms with Gasteiger partial charge in [-0.3, -0.25) is 4.79 Å². The SMILES string of the molecule is COc1ccc(C(=O)N(C)Cc2ccsc2)c(O)c1. The topological polar surface area (TPSA) is 49.8 Å². The fraction of sp³-hybridized carbons (Fsp3) is 0.214. The van der Waals surface area contributed by atoms with Crippen molar-refractivity contribution in [2.24, 2.45) is 0 Å². The van der Waals surface area contributed by atoms with Crippen LogP contribution in [0.3, 0.4) is 0 Å². The Balaban J connectivity index is 2.14. The van der Waals surface area contributed by atoms with Crippen molar-refractivity contribution < 1.29 is 14.6 Å². The van der Waals surface area contributed by atoms with Gasteiger partial charge in [0, 0.05) is 19.7 Å². The number of carbonyl (C=O) groups is 1. The molecule has 0 atom stereocenters. The zero-order chi connectivity index (χ0) is 13.8. The van der Waals surface area contributed by atoms with Crippen molar-refractivity contribution in [3.8, 4) is 11.5 Å². The van der Waals surface area contributed by atoms with Crippen molar-refractivity contribution in [3.63, 3.8) is 0 Å². The Labute approximate surface area is 115 Å². The number of phenolic OH excluding ortho intramolecular Hbond substituents is 1. The van der Waals surface area contributed by atoms with Gasteiger partial charge in [0.15, 0.2) is 0 Å². The molecular weight excluding hydrogens is 262 g/mol. The summed E-state index contributed by atoms with van der Waals surface area (Å²) in [6, 6.07) is 6.64. The summed E-state index contributed by atoms with van der Waals surface area (Å²) in [5, 5.41) is 13.8. The van der Waals surface area contributed by atoms with Gasteiger partial charge >= 0.3 is 0 Å². The van der Waals surface area contributed by atoms with E-state index in [2.05, 4.69) is 0 Å². The van der Waals surface area contributed by atoms with Crippen LogP contribution in [0.4, 0.5) is 0 Å². The van der Waals surface area contributed by atoms with E-state index in [0.717, 1.165) is 5.56 Å². The van der Waals surface area contributed by atoms with Crippen LogP contribution in [0.2, 0.25) is 0 Å². The summed E-state index contributed by atoms with van der Waals surface area (Å²) in [6.45, 7) is 0.522. The molecule has 5 heteroatoms. The third-order valence-corrected chi connectivity index (χ3v) is 3.51. The molecule has 2 rings (SSSR count). The second-order valence-corrected chi connectivity index (χ2v) is 4.96. The van der Waals surface area contributed by atoms with Crippen LogP contribution in [0.1, 0.15) is 15.9 Å². The number of benzene rings is 1. The van der Waals surface area contributed by atoms with Gasteiger partial charge in [-0.2, -0.15) is 11.3 Å². The highest BCUT2D eigenvalue weighted by Gasteiger charge is 2.16. The lowest BCUT2D eigenvalue weighted by atomic mass is 10.1. The van der Waals surface area contributed by atoms with Crippen LogP contribution in [-0.4, -0.2) is 30.1 Å². The smallest absolute Gasteiger partial charge is 0.257 e. The largest absolute Gasteiger partial charge is 0.507 e. The number of methoxy groups -OCH3 is 1. The summed E-state index contributed by atoms with van der Waals surface area (Å²) in [6.07, 6.45) is 0. The van der Waals surface area contributed by atoms with Crippen molar-refractivity contribution in [2.45, 2.75) is 6.54 Å². The average Bonchev–Trinajstić information content (AvgIpc) is 2.90. The maximum Gasteiger partial charge on any atom is 0.257 e. The number of rotatable bonds is 4. The van der Waals surface area contributed by atoms with E-state index in [4.69, 9.17) is 4.74 Å². The number of nitrogens with zero attached hydrogens (tertiary/aromatic N) is 1. The summed E-state index contributed by atoms with van der Waals surface area (Å²) in [4.78, 5) is 13.8. The molecule has 19 heavy (non-hydrogen) atoms. The zero-order valence-corrected chi connectivity index (χ0v) is 11.6. The molecule has 1 heterocycles. The van der Waals surface area contributed by atoms with E-state index in [1.165, 1.54) is 13.2 Å². The summed E-state index contributed by atoms with van der Waals surface area (Å²) in [5.74, 6) is 0.238. The van der Waals surface area contributed by atoms with Crippen molar-refractivity contribution in [1.82, 2.24) is 4.90 Å². The zero-order valence-electron chi connectivity index (χ0n) is 10.8. The first-order valence-corrected chi connectivity index (χ1v) is 6.69. The van der Waals surface area contributed by atoms with Crippen LogP contribution in [0.5, 0.6) is 11.5 Å². The Morgan fingerprint density at radius 2 is 2.21 bits per heavy atom. The van der Waals surface area contributed by atoms with Gasteiger partial charge in [-0.15, -0.1) is 0 Å². The number of carbonyl (C=O) groups excluding carboxylic acids is 1. The van der Waals surface area contributed by atoms with Gasteiger partial charge < -0.3 is 14.7 Å². The number of ether oxygens (including phenoxy) is 1. The standard InChI is InChI=1S/C14H15NO3S/c1-15(8-10-5-6-19-9-10)14(17)12-4-3-11(18-2)7-13(12)16/h3-7,9,16H,8H2,1-2H3. The Morgan fingerprint density at radius 1 is 1.42 bits per heavy atom. The summed E-state index contributed by atoms with van der Waals surface area (Å²) in [7, 11) is 3.22. The Bertz CT molecular complexity index is 566. The van der Waals surface area contributed by atoms with Gasteiger partial charge in [0.2, 0.25) is 0 Å². The minimum atomic E-state index is -0.216. The van der Waals surface area contributed by atoms with E-state index in [9.17, 15) is 9.90 Å². The van der Waals surface area contributed by atoms with Gasteiger partial charge in [0.1, 0.15) is 11.5 Å². The molecule has 100 valence electrons. The lowest BCUT2D eigenvalue weighted by molar-refractivity contribution is 0.0782. The predicted octanol–water partition coefficient (Wildman–Crippen LogP) is 2.73. The monoisotopic (exact) mass is 277 g/mol. The number of phenols is 1. The Morgan fingerprint density at radius 3 is 2.79 bits per heavy atom. The van der Waals surface area contributed by atoms with Crippen LogP contribution >= 0.6 is 11.3 Å². The molecule has 0 saturated carbocycles.